The zero-order chi connectivity index (χ0) is 10.6. The standard InChI is InChI=1S/C10H15NO2S/c1-4-8-6-14-9(11-8)7(3)10(12)13-5-2/h6-7H,4-5H2,1-3H3. The monoisotopic (exact) mass is 213 g/mol. The van der Waals surface area contributed by atoms with E-state index < -0.39 is 0 Å². The number of aromatic nitrogens is 1. The molecule has 0 saturated carbocycles. The van der Waals surface area contributed by atoms with Crippen molar-refractivity contribution in [3.05, 3.63) is 16.1 Å². The number of hydrogen-bond acceptors (Lipinski definition) is 4. The lowest BCUT2D eigenvalue weighted by atomic mass is 10.2. The van der Waals surface area contributed by atoms with E-state index in [1.54, 1.807) is 0 Å². The highest BCUT2D eigenvalue weighted by Crippen LogP contribution is 2.21. The summed E-state index contributed by atoms with van der Waals surface area (Å²) in [6.45, 7) is 6.11. The van der Waals surface area contributed by atoms with Gasteiger partial charge in [-0.05, 0) is 20.3 Å². The van der Waals surface area contributed by atoms with Crippen molar-refractivity contribution >= 4 is 17.3 Å². The van der Waals surface area contributed by atoms with Gasteiger partial charge in [0.25, 0.3) is 0 Å². The van der Waals surface area contributed by atoms with E-state index in [0.29, 0.717) is 6.61 Å². The number of carbonyl (C=O) groups is 1. The number of esters is 1. The first-order chi connectivity index (χ1) is 6.69. The second-order valence-electron chi connectivity index (χ2n) is 3.00. The first-order valence-electron chi connectivity index (χ1n) is 4.80. The van der Waals surface area contributed by atoms with Crippen LogP contribution in [0.25, 0.3) is 0 Å². The Bertz CT molecular complexity index is 309. The lowest BCUT2D eigenvalue weighted by molar-refractivity contribution is -0.144. The fourth-order valence-corrected chi connectivity index (χ4v) is 2.00. The van der Waals surface area contributed by atoms with Gasteiger partial charge in [0.1, 0.15) is 10.9 Å². The highest BCUT2D eigenvalue weighted by molar-refractivity contribution is 7.09. The number of thiazole rings is 1. The largest absolute Gasteiger partial charge is 0.465 e. The number of rotatable bonds is 4. The van der Waals surface area contributed by atoms with Crippen LogP contribution in [0.4, 0.5) is 0 Å². The molecule has 14 heavy (non-hydrogen) atoms. The van der Waals surface area contributed by atoms with Crippen molar-refractivity contribution < 1.29 is 9.53 Å². The molecular formula is C10H15NO2S. The topological polar surface area (TPSA) is 39.2 Å². The van der Waals surface area contributed by atoms with Crippen LogP contribution in [0, 0.1) is 0 Å². The van der Waals surface area contributed by atoms with Gasteiger partial charge in [0.15, 0.2) is 0 Å². The van der Waals surface area contributed by atoms with Crippen molar-refractivity contribution in [2.45, 2.75) is 33.1 Å². The Balaban J connectivity index is 2.68. The molecule has 0 aliphatic rings. The number of aryl methyl sites for hydroxylation is 1. The molecule has 0 saturated heterocycles. The molecule has 1 heterocycles. The zero-order valence-corrected chi connectivity index (χ0v) is 9.56. The molecule has 1 atom stereocenters. The van der Waals surface area contributed by atoms with Gasteiger partial charge in [-0.3, -0.25) is 4.79 Å². The van der Waals surface area contributed by atoms with Gasteiger partial charge in [-0.15, -0.1) is 11.3 Å². The molecule has 0 bridgehead atoms. The summed E-state index contributed by atoms with van der Waals surface area (Å²) in [5.74, 6) is -0.426. The SMILES string of the molecule is CCOC(=O)C(C)c1nc(CC)cs1. The molecule has 1 rings (SSSR count). The van der Waals surface area contributed by atoms with Gasteiger partial charge in [-0.25, -0.2) is 4.98 Å². The van der Waals surface area contributed by atoms with Crippen molar-refractivity contribution in [2.75, 3.05) is 6.61 Å². The van der Waals surface area contributed by atoms with Crippen LogP contribution < -0.4 is 0 Å². The highest BCUT2D eigenvalue weighted by Gasteiger charge is 2.19. The van der Waals surface area contributed by atoms with E-state index in [4.69, 9.17) is 4.74 Å². The quantitative estimate of drug-likeness (QED) is 0.721. The Morgan fingerprint density at radius 1 is 1.64 bits per heavy atom. The summed E-state index contributed by atoms with van der Waals surface area (Å²) in [6.07, 6.45) is 0.909. The van der Waals surface area contributed by atoms with Crippen LogP contribution in [0.15, 0.2) is 5.38 Å². The minimum atomic E-state index is -0.236. The Morgan fingerprint density at radius 3 is 2.86 bits per heavy atom. The summed E-state index contributed by atoms with van der Waals surface area (Å²) < 4.78 is 4.93. The number of ether oxygens (including phenoxy) is 1. The summed E-state index contributed by atoms with van der Waals surface area (Å²) in [5, 5.41) is 2.84. The van der Waals surface area contributed by atoms with Gasteiger partial charge < -0.3 is 4.74 Å². The predicted octanol–water partition coefficient (Wildman–Crippen LogP) is 2.37. The van der Waals surface area contributed by atoms with E-state index >= 15 is 0 Å². The second kappa shape index (κ2) is 5.10. The molecule has 0 N–H and O–H groups in total. The molecule has 0 aromatic carbocycles. The lowest BCUT2D eigenvalue weighted by Gasteiger charge is -2.06. The van der Waals surface area contributed by atoms with Crippen LogP contribution in [0.5, 0.6) is 0 Å². The van der Waals surface area contributed by atoms with Crippen LogP contribution in [0.1, 0.15) is 37.4 Å². The Morgan fingerprint density at radius 2 is 2.36 bits per heavy atom. The van der Waals surface area contributed by atoms with E-state index in [1.165, 1.54) is 11.3 Å². The molecule has 1 aromatic rings. The van der Waals surface area contributed by atoms with E-state index in [2.05, 4.69) is 4.98 Å². The average Bonchev–Trinajstić information content (AvgIpc) is 2.65. The molecule has 1 unspecified atom stereocenters. The third-order valence-electron chi connectivity index (χ3n) is 1.94. The van der Waals surface area contributed by atoms with Gasteiger partial charge in [-0.1, -0.05) is 6.92 Å². The fraction of sp³-hybridized carbons (Fsp3) is 0.600. The first kappa shape index (κ1) is 11.2. The minimum Gasteiger partial charge on any atom is -0.465 e. The number of nitrogens with zero attached hydrogens (tertiary/aromatic N) is 1. The predicted molar refractivity (Wildman–Crippen MR) is 56.5 cm³/mol. The second-order valence-corrected chi connectivity index (χ2v) is 3.89. The maximum absolute atomic E-state index is 11.4. The fourth-order valence-electron chi connectivity index (χ4n) is 1.05. The Labute approximate surface area is 88.1 Å². The Hall–Kier alpha value is -0.900. The molecule has 78 valence electrons. The van der Waals surface area contributed by atoms with Crippen molar-refractivity contribution in [3.63, 3.8) is 0 Å². The van der Waals surface area contributed by atoms with Gasteiger partial charge in [-0.2, -0.15) is 0 Å². The summed E-state index contributed by atoms with van der Waals surface area (Å²) in [6, 6.07) is 0. The molecule has 4 heteroatoms. The molecule has 1 aromatic heterocycles. The molecule has 0 spiro atoms. The number of hydrogen-bond donors (Lipinski definition) is 0. The average molecular weight is 213 g/mol. The maximum atomic E-state index is 11.4. The molecule has 3 nitrogen and oxygen atoms in total. The molecule has 0 aliphatic carbocycles. The summed E-state index contributed by atoms with van der Waals surface area (Å²) in [4.78, 5) is 15.7. The van der Waals surface area contributed by atoms with Crippen molar-refractivity contribution in [2.24, 2.45) is 0 Å². The van der Waals surface area contributed by atoms with Crippen LogP contribution in [-0.4, -0.2) is 17.6 Å². The van der Waals surface area contributed by atoms with Crippen LogP contribution in [0.2, 0.25) is 0 Å². The maximum Gasteiger partial charge on any atom is 0.315 e. The van der Waals surface area contributed by atoms with Crippen LogP contribution in [-0.2, 0) is 16.0 Å². The third-order valence-corrected chi connectivity index (χ3v) is 3.02. The molecule has 0 aliphatic heterocycles. The van der Waals surface area contributed by atoms with Gasteiger partial charge >= 0.3 is 5.97 Å². The Kier molecular flexibility index (Phi) is 4.07. The zero-order valence-electron chi connectivity index (χ0n) is 8.74. The first-order valence-corrected chi connectivity index (χ1v) is 5.67. The van der Waals surface area contributed by atoms with Crippen LogP contribution in [0.3, 0.4) is 0 Å². The lowest BCUT2D eigenvalue weighted by Crippen LogP contribution is -2.12. The van der Waals surface area contributed by atoms with Crippen LogP contribution >= 0.6 is 11.3 Å². The van der Waals surface area contributed by atoms with E-state index in [0.717, 1.165) is 17.1 Å². The van der Waals surface area contributed by atoms with E-state index in [9.17, 15) is 4.79 Å². The van der Waals surface area contributed by atoms with Gasteiger partial charge in [0, 0.05) is 5.38 Å². The molecule has 0 amide bonds. The van der Waals surface area contributed by atoms with Crippen molar-refractivity contribution in [1.82, 2.24) is 4.98 Å². The smallest absolute Gasteiger partial charge is 0.315 e. The normalized spacial score (nSPS) is 12.5. The summed E-state index contributed by atoms with van der Waals surface area (Å²) >= 11 is 1.52. The molecular weight excluding hydrogens is 198 g/mol. The summed E-state index contributed by atoms with van der Waals surface area (Å²) in [5.41, 5.74) is 1.04. The van der Waals surface area contributed by atoms with Gasteiger partial charge in [0.05, 0.1) is 12.3 Å². The summed E-state index contributed by atoms with van der Waals surface area (Å²) in [7, 11) is 0. The third kappa shape index (κ3) is 2.54. The number of carbonyl (C=O) groups excluding carboxylic acids is 1. The molecule has 0 fully saturated rings. The molecule has 0 radical (unpaired) electrons. The van der Waals surface area contributed by atoms with Crippen molar-refractivity contribution in [1.29, 1.82) is 0 Å². The van der Waals surface area contributed by atoms with Crippen molar-refractivity contribution in [3.8, 4) is 0 Å². The van der Waals surface area contributed by atoms with E-state index in [-0.39, 0.29) is 11.9 Å². The highest BCUT2D eigenvalue weighted by atomic mass is 32.1. The minimum absolute atomic E-state index is 0.190. The van der Waals surface area contributed by atoms with Gasteiger partial charge in [0.2, 0.25) is 0 Å². The van der Waals surface area contributed by atoms with E-state index in [1.807, 2.05) is 26.2 Å².